The number of ether oxygens (including phenoxy) is 2. The fourth-order valence-electron chi connectivity index (χ4n) is 2.04. The van der Waals surface area contributed by atoms with Gasteiger partial charge in [0.25, 0.3) is 5.91 Å². The molecular formula is C14H18N2O3S. The number of benzene rings is 1. The molecule has 3 N–H and O–H groups in total. The van der Waals surface area contributed by atoms with Crippen molar-refractivity contribution in [2.24, 2.45) is 11.7 Å². The first-order chi connectivity index (χ1) is 9.50. The Labute approximate surface area is 123 Å². The Morgan fingerprint density at radius 3 is 2.70 bits per heavy atom. The molecule has 2 rings (SSSR count). The monoisotopic (exact) mass is 294 g/mol. The molecule has 6 heteroatoms. The number of carbonyl (C=O) groups excluding carboxylic acids is 1. The second kappa shape index (κ2) is 6.09. The summed E-state index contributed by atoms with van der Waals surface area (Å²) in [6.45, 7) is 4.81. The van der Waals surface area contributed by atoms with Gasteiger partial charge >= 0.3 is 0 Å². The smallest absolute Gasteiger partial charge is 0.255 e. The molecule has 1 amide bonds. The Balaban J connectivity index is 2.23. The highest BCUT2D eigenvalue weighted by molar-refractivity contribution is 7.80. The molecule has 1 aromatic carbocycles. The first-order valence-electron chi connectivity index (χ1n) is 6.49. The third-order valence-electron chi connectivity index (χ3n) is 3.07. The third-order valence-corrected chi connectivity index (χ3v) is 3.32. The Morgan fingerprint density at radius 2 is 2.05 bits per heavy atom. The molecule has 0 aliphatic carbocycles. The minimum Gasteiger partial charge on any atom is -0.486 e. The van der Waals surface area contributed by atoms with Crippen molar-refractivity contribution in [3.05, 3.63) is 23.8 Å². The molecule has 20 heavy (non-hydrogen) atoms. The number of nitrogens with two attached hydrogens (primary N) is 1. The van der Waals surface area contributed by atoms with Gasteiger partial charge in [-0.15, -0.1) is 0 Å². The summed E-state index contributed by atoms with van der Waals surface area (Å²) in [7, 11) is 0. The molecule has 1 unspecified atom stereocenters. The standard InChI is InChI=1S/C14H18N2O3S/c1-8(2)11(13(15)20)16-14(17)9-4-3-5-10-12(9)19-7-6-18-10/h3-5,8,11H,6-7H2,1-2H3,(H2,15,20)(H,16,17). The summed E-state index contributed by atoms with van der Waals surface area (Å²) in [5, 5.41) is 2.84. The number of para-hydroxylation sites is 1. The zero-order chi connectivity index (χ0) is 14.7. The highest BCUT2D eigenvalue weighted by atomic mass is 32.1. The molecule has 0 spiro atoms. The number of hydrogen-bond acceptors (Lipinski definition) is 4. The van der Waals surface area contributed by atoms with Gasteiger partial charge in [-0.25, -0.2) is 0 Å². The third kappa shape index (κ3) is 3.01. The van der Waals surface area contributed by atoms with Crippen molar-refractivity contribution >= 4 is 23.1 Å². The maximum atomic E-state index is 12.4. The molecule has 1 aliphatic heterocycles. The van der Waals surface area contributed by atoms with Crippen LogP contribution in [0.4, 0.5) is 0 Å². The Hall–Kier alpha value is -1.82. The van der Waals surface area contributed by atoms with E-state index < -0.39 is 0 Å². The largest absolute Gasteiger partial charge is 0.486 e. The van der Waals surface area contributed by atoms with Crippen molar-refractivity contribution in [3.8, 4) is 11.5 Å². The van der Waals surface area contributed by atoms with E-state index in [-0.39, 0.29) is 22.9 Å². The Bertz CT molecular complexity index is 531. The van der Waals surface area contributed by atoms with Gasteiger partial charge in [0.2, 0.25) is 0 Å². The molecule has 0 bridgehead atoms. The van der Waals surface area contributed by atoms with Crippen LogP contribution in [-0.4, -0.2) is 30.2 Å². The second-order valence-electron chi connectivity index (χ2n) is 4.93. The van der Waals surface area contributed by atoms with Gasteiger partial charge in [-0.1, -0.05) is 32.1 Å². The molecule has 0 saturated heterocycles. The van der Waals surface area contributed by atoms with Crippen molar-refractivity contribution in [1.29, 1.82) is 0 Å². The van der Waals surface area contributed by atoms with Gasteiger partial charge in [-0.3, -0.25) is 4.79 Å². The van der Waals surface area contributed by atoms with E-state index in [0.29, 0.717) is 30.3 Å². The lowest BCUT2D eigenvalue weighted by atomic mass is 10.0. The SMILES string of the molecule is CC(C)C(NC(=O)c1cccc2c1OCCO2)C(N)=S. The van der Waals surface area contributed by atoms with E-state index in [9.17, 15) is 4.79 Å². The van der Waals surface area contributed by atoms with Gasteiger partial charge in [0.1, 0.15) is 13.2 Å². The molecule has 1 aliphatic rings. The van der Waals surface area contributed by atoms with E-state index >= 15 is 0 Å². The predicted octanol–water partition coefficient (Wildman–Crippen LogP) is 1.50. The van der Waals surface area contributed by atoms with Gasteiger partial charge < -0.3 is 20.5 Å². The molecule has 0 fully saturated rings. The first kappa shape index (κ1) is 14.6. The zero-order valence-electron chi connectivity index (χ0n) is 11.5. The molecule has 1 atom stereocenters. The average Bonchev–Trinajstić information content (AvgIpc) is 2.43. The second-order valence-corrected chi connectivity index (χ2v) is 5.40. The van der Waals surface area contributed by atoms with Crippen LogP contribution in [-0.2, 0) is 0 Å². The van der Waals surface area contributed by atoms with Crippen molar-refractivity contribution < 1.29 is 14.3 Å². The van der Waals surface area contributed by atoms with Crippen LogP contribution in [0.2, 0.25) is 0 Å². The number of nitrogens with one attached hydrogen (secondary N) is 1. The van der Waals surface area contributed by atoms with Crippen molar-refractivity contribution in [1.82, 2.24) is 5.32 Å². The minimum atomic E-state index is -0.349. The van der Waals surface area contributed by atoms with E-state index in [2.05, 4.69) is 5.32 Å². The summed E-state index contributed by atoms with van der Waals surface area (Å²) in [5.41, 5.74) is 6.10. The highest BCUT2D eigenvalue weighted by Gasteiger charge is 2.24. The number of amides is 1. The van der Waals surface area contributed by atoms with Crippen LogP contribution in [0.1, 0.15) is 24.2 Å². The van der Waals surface area contributed by atoms with Crippen molar-refractivity contribution in [2.75, 3.05) is 13.2 Å². The molecule has 1 aromatic rings. The summed E-state index contributed by atoms with van der Waals surface area (Å²) in [4.78, 5) is 12.6. The van der Waals surface area contributed by atoms with E-state index in [1.165, 1.54) is 0 Å². The average molecular weight is 294 g/mol. The quantitative estimate of drug-likeness (QED) is 0.823. The summed E-state index contributed by atoms with van der Waals surface area (Å²) < 4.78 is 11.0. The van der Waals surface area contributed by atoms with Gasteiger partial charge in [-0.2, -0.15) is 0 Å². The summed E-state index contributed by atoms with van der Waals surface area (Å²) >= 11 is 4.99. The lowest BCUT2D eigenvalue weighted by Crippen LogP contribution is -2.46. The molecule has 0 aromatic heterocycles. The van der Waals surface area contributed by atoms with Gasteiger partial charge in [0.15, 0.2) is 11.5 Å². The molecular weight excluding hydrogens is 276 g/mol. The zero-order valence-corrected chi connectivity index (χ0v) is 12.3. The summed E-state index contributed by atoms with van der Waals surface area (Å²) in [5.74, 6) is 0.911. The number of rotatable bonds is 4. The van der Waals surface area contributed by atoms with E-state index in [4.69, 9.17) is 27.4 Å². The van der Waals surface area contributed by atoms with E-state index in [1.807, 2.05) is 13.8 Å². The van der Waals surface area contributed by atoms with Gasteiger partial charge in [0.05, 0.1) is 16.6 Å². The molecule has 0 radical (unpaired) electrons. The lowest BCUT2D eigenvalue weighted by molar-refractivity contribution is 0.0929. The molecule has 5 nitrogen and oxygen atoms in total. The predicted molar refractivity (Wildman–Crippen MR) is 80.3 cm³/mol. The van der Waals surface area contributed by atoms with Crippen LogP contribution < -0.4 is 20.5 Å². The number of hydrogen-bond donors (Lipinski definition) is 2. The Morgan fingerprint density at radius 1 is 1.35 bits per heavy atom. The minimum absolute atomic E-state index is 0.119. The Kier molecular flexibility index (Phi) is 4.44. The molecule has 0 saturated carbocycles. The highest BCUT2D eigenvalue weighted by Crippen LogP contribution is 2.33. The van der Waals surface area contributed by atoms with Crippen LogP contribution in [0.15, 0.2) is 18.2 Å². The molecule has 108 valence electrons. The number of thiocarbonyl (C=S) groups is 1. The van der Waals surface area contributed by atoms with Gasteiger partial charge in [-0.05, 0) is 18.1 Å². The summed E-state index contributed by atoms with van der Waals surface area (Å²) in [6.07, 6.45) is 0. The normalized spacial score (nSPS) is 14.8. The number of fused-ring (bicyclic) bond motifs is 1. The van der Waals surface area contributed by atoms with Crippen LogP contribution in [0.3, 0.4) is 0 Å². The molecule has 1 heterocycles. The van der Waals surface area contributed by atoms with Crippen LogP contribution >= 0.6 is 12.2 Å². The first-order valence-corrected chi connectivity index (χ1v) is 6.90. The van der Waals surface area contributed by atoms with Crippen molar-refractivity contribution in [3.63, 3.8) is 0 Å². The fraction of sp³-hybridized carbons (Fsp3) is 0.429. The summed E-state index contributed by atoms with van der Waals surface area (Å²) in [6, 6.07) is 4.88. The number of carbonyl (C=O) groups is 1. The van der Waals surface area contributed by atoms with Gasteiger partial charge in [0, 0.05) is 0 Å². The van der Waals surface area contributed by atoms with E-state index in [1.54, 1.807) is 18.2 Å². The van der Waals surface area contributed by atoms with Crippen LogP contribution in [0.5, 0.6) is 11.5 Å². The van der Waals surface area contributed by atoms with E-state index in [0.717, 1.165) is 0 Å². The topological polar surface area (TPSA) is 73.6 Å². The maximum absolute atomic E-state index is 12.4. The lowest BCUT2D eigenvalue weighted by Gasteiger charge is -2.24. The van der Waals surface area contributed by atoms with Crippen molar-refractivity contribution in [2.45, 2.75) is 19.9 Å². The maximum Gasteiger partial charge on any atom is 0.255 e. The van der Waals surface area contributed by atoms with Crippen LogP contribution in [0, 0.1) is 5.92 Å². The fourth-order valence-corrected chi connectivity index (χ4v) is 2.37. The van der Waals surface area contributed by atoms with Crippen LogP contribution in [0.25, 0.3) is 0 Å².